The van der Waals surface area contributed by atoms with Gasteiger partial charge in [-0.1, -0.05) is 12.1 Å². The number of carbonyl (C=O) groups is 1. The zero-order chi connectivity index (χ0) is 21.5. The van der Waals surface area contributed by atoms with Crippen LogP contribution in [0.25, 0.3) is 0 Å². The fourth-order valence-corrected chi connectivity index (χ4v) is 3.46. The predicted molar refractivity (Wildman–Crippen MR) is 119 cm³/mol. The fraction of sp³-hybridized carbons (Fsp3) is 0.240. The smallest absolute Gasteiger partial charge is 0.224 e. The van der Waals surface area contributed by atoms with Crippen molar-refractivity contribution >= 4 is 17.3 Å². The van der Waals surface area contributed by atoms with Gasteiger partial charge >= 0.3 is 0 Å². The molecule has 31 heavy (non-hydrogen) atoms. The largest absolute Gasteiger partial charge is 0.457 e. The first kappa shape index (κ1) is 20.9. The molecule has 160 valence electrons. The molecule has 3 aromatic rings. The number of aryl methyl sites for hydroxylation is 1. The second-order valence-electron chi connectivity index (χ2n) is 7.40. The summed E-state index contributed by atoms with van der Waals surface area (Å²) in [5.74, 6) is 0.881. The van der Waals surface area contributed by atoms with E-state index in [1.165, 1.54) is 12.1 Å². The molecule has 4 rings (SSSR count). The summed E-state index contributed by atoms with van der Waals surface area (Å²) in [6.07, 6.45) is 0.962. The molecule has 0 aliphatic carbocycles. The van der Waals surface area contributed by atoms with Crippen molar-refractivity contribution in [1.29, 1.82) is 0 Å². The first-order chi connectivity index (χ1) is 15.2. The number of hydrogen-bond donors (Lipinski definition) is 1. The Labute approximate surface area is 181 Å². The Bertz CT molecular complexity index is 1000. The lowest BCUT2D eigenvalue weighted by molar-refractivity contribution is -0.116. The van der Waals surface area contributed by atoms with Crippen LogP contribution >= 0.6 is 0 Å². The monoisotopic (exact) mass is 420 g/mol. The van der Waals surface area contributed by atoms with Crippen LogP contribution in [0.1, 0.15) is 12.0 Å². The highest BCUT2D eigenvalue weighted by molar-refractivity contribution is 5.91. The Morgan fingerprint density at radius 1 is 0.968 bits per heavy atom. The number of nitrogens with zero attached hydrogens (tertiary/aromatic N) is 1. The highest BCUT2D eigenvalue weighted by atomic mass is 19.1. The molecule has 1 N–H and O–H groups in total. The van der Waals surface area contributed by atoms with Crippen LogP contribution in [-0.2, 0) is 16.0 Å². The molecule has 3 aromatic carbocycles. The Morgan fingerprint density at radius 3 is 2.45 bits per heavy atom. The van der Waals surface area contributed by atoms with Crippen LogP contribution in [0.5, 0.6) is 11.5 Å². The number of anilines is 2. The molecule has 0 spiro atoms. The second-order valence-corrected chi connectivity index (χ2v) is 7.40. The van der Waals surface area contributed by atoms with Gasteiger partial charge in [-0.3, -0.25) is 4.79 Å². The van der Waals surface area contributed by atoms with Crippen LogP contribution < -0.4 is 15.0 Å². The van der Waals surface area contributed by atoms with Crippen LogP contribution in [0.2, 0.25) is 0 Å². The summed E-state index contributed by atoms with van der Waals surface area (Å²) in [5.41, 5.74) is 2.92. The third-order valence-electron chi connectivity index (χ3n) is 5.12. The lowest BCUT2D eigenvalue weighted by atomic mass is 10.1. The van der Waals surface area contributed by atoms with E-state index in [1.54, 1.807) is 12.1 Å². The maximum absolute atomic E-state index is 13.0. The van der Waals surface area contributed by atoms with Crippen LogP contribution in [0.15, 0.2) is 72.8 Å². The topological polar surface area (TPSA) is 50.8 Å². The van der Waals surface area contributed by atoms with E-state index in [4.69, 9.17) is 9.47 Å². The lowest BCUT2D eigenvalue weighted by Gasteiger charge is -2.28. The average molecular weight is 420 g/mol. The Morgan fingerprint density at radius 2 is 1.71 bits per heavy atom. The van der Waals surface area contributed by atoms with Crippen molar-refractivity contribution in [3.8, 4) is 11.5 Å². The van der Waals surface area contributed by atoms with Crippen molar-refractivity contribution < 1.29 is 18.7 Å². The van der Waals surface area contributed by atoms with Gasteiger partial charge in [0, 0.05) is 30.9 Å². The maximum atomic E-state index is 13.0. The minimum Gasteiger partial charge on any atom is -0.457 e. The number of carbonyl (C=O) groups excluding carboxylic acids is 1. The number of amides is 1. The molecule has 1 amide bonds. The van der Waals surface area contributed by atoms with Gasteiger partial charge in [0.15, 0.2) is 0 Å². The van der Waals surface area contributed by atoms with Gasteiger partial charge in [-0.25, -0.2) is 4.39 Å². The summed E-state index contributed by atoms with van der Waals surface area (Å²) in [6, 6.07) is 21.4. The van der Waals surface area contributed by atoms with Crippen LogP contribution in [0.4, 0.5) is 15.8 Å². The van der Waals surface area contributed by atoms with Gasteiger partial charge in [-0.2, -0.15) is 0 Å². The molecule has 0 aromatic heterocycles. The first-order valence-corrected chi connectivity index (χ1v) is 10.4. The molecule has 1 saturated heterocycles. The van der Waals surface area contributed by atoms with E-state index in [0.717, 1.165) is 43.2 Å². The van der Waals surface area contributed by atoms with Crippen molar-refractivity contribution in [2.75, 3.05) is 36.5 Å². The summed E-state index contributed by atoms with van der Waals surface area (Å²) in [6.45, 7) is 3.26. The number of morpholine rings is 1. The molecule has 0 unspecified atom stereocenters. The zero-order valence-electron chi connectivity index (χ0n) is 17.2. The molecule has 0 saturated carbocycles. The fourth-order valence-electron chi connectivity index (χ4n) is 3.46. The summed E-state index contributed by atoms with van der Waals surface area (Å²) < 4.78 is 24.2. The third kappa shape index (κ3) is 6.06. The number of rotatable bonds is 7. The molecule has 6 heteroatoms. The van der Waals surface area contributed by atoms with E-state index in [2.05, 4.69) is 10.2 Å². The highest BCUT2D eigenvalue weighted by Crippen LogP contribution is 2.23. The van der Waals surface area contributed by atoms with Gasteiger partial charge in [0.25, 0.3) is 0 Å². The van der Waals surface area contributed by atoms with E-state index < -0.39 is 0 Å². The molecular weight excluding hydrogens is 395 g/mol. The van der Waals surface area contributed by atoms with Gasteiger partial charge in [-0.15, -0.1) is 0 Å². The van der Waals surface area contributed by atoms with Gasteiger partial charge in [0.1, 0.15) is 17.3 Å². The van der Waals surface area contributed by atoms with Crippen molar-refractivity contribution in [1.82, 2.24) is 0 Å². The number of halogens is 1. The SMILES string of the molecule is O=C(CCc1cccc(Oc2ccc(F)cc2)c1)Nc1ccc(N2CCOCC2)cc1. The minimum absolute atomic E-state index is 0.0380. The van der Waals surface area contributed by atoms with Crippen LogP contribution in [0, 0.1) is 5.82 Å². The molecule has 0 atom stereocenters. The summed E-state index contributed by atoms with van der Waals surface area (Å²) in [7, 11) is 0. The normalized spacial score (nSPS) is 13.6. The molecule has 5 nitrogen and oxygen atoms in total. The Hall–Kier alpha value is -3.38. The lowest BCUT2D eigenvalue weighted by Crippen LogP contribution is -2.36. The summed E-state index contributed by atoms with van der Waals surface area (Å²) >= 11 is 0. The summed E-state index contributed by atoms with van der Waals surface area (Å²) in [5, 5.41) is 2.95. The number of hydrogen-bond acceptors (Lipinski definition) is 4. The Balaban J connectivity index is 1.28. The van der Waals surface area contributed by atoms with Gasteiger partial charge in [-0.05, 0) is 72.6 Å². The third-order valence-corrected chi connectivity index (χ3v) is 5.12. The highest BCUT2D eigenvalue weighted by Gasteiger charge is 2.11. The van der Waals surface area contributed by atoms with Crippen LogP contribution in [-0.4, -0.2) is 32.2 Å². The van der Waals surface area contributed by atoms with Gasteiger partial charge < -0.3 is 19.7 Å². The van der Waals surface area contributed by atoms with Crippen molar-refractivity contribution in [3.05, 3.63) is 84.2 Å². The molecule has 1 heterocycles. The van der Waals surface area contributed by atoms with Crippen molar-refractivity contribution in [2.45, 2.75) is 12.8 Å². The molecule has 1 aliphatic heterocycles. The standard InChI is InChI=1S/C25H25FN2O3/c26-20-5-11-23(12-6-20)31-24-3-1-2-19(18-24)4-13-25(29)27-21-7-9-22(10-8-21)28-14-16-30-17-15-28/h1-3,5-12,18H,4,13-17H2,(H,27,29). The molecular formula is C25H25FN2O3. The van der Waals surface area contributed by atoms with E-state index in [0.29, 0.717) is 24.3 Å². The van der Waals surface area contributed by atoms with E-state index in [9.17, 15) is 9.18 Å². The second kappa shape index (κ2) is 10.1. The number of benzene rings is 3. The Kier molecular flexibility index (Phi) is 6.79. The minimum atomic E-state index is -0.303. The van der Waals surface area contributed by atoms with Crippen molar-refractivity contribution in [3.63, 3.8) is 0 Å². The van der Waals surface area contributed by atoms with E-state index in [-0.39, 0.29) is 11.7 Å². The van der Waals surface area contributed by atoms with E-state index in [1.807, 2.05) is 48.5 Å². The van der Waals surface area contributed by atoms with E-state index >= 15 is 0 Å². The van der Waals surface area contributed by atoms with Gasteiger partial charge in [0.05, 0.1) is 13.2 Å². The maximum Gasteiger partial charge on any atom is 0.224 e. The molecule has 1 fully saturated rings. The zero-order valence-corrected chi connectivity index (χ0v) is 17.2. The molecule has 1 aliphatic rings. The molecule has 0 bridgehead atoms. The number of ether oxygens (including phenoxy) is 2. The summed E-state index contributed by atoms with van der Waals surface area (Å²) in [4.78, 5) is 14.6. The average Bonchev–Trinajstić information content (AvgIpc) is 2.81. The van der Waals surface area contributed by atoms with Gasteiger partial charge in [0.2, 0.25) is 5.91 Å². The number of nitrogens with one attached hydrogen (secondary N) is 1. The first-order valence-electron chi connectivity index (χ1n) is 10.4. The quantitative estimate of drug-likeness (QED) is 0.583. The van der Waals surface area contributed by atoms with Crippen LogP contribution in [0.3, 0.4) is 0 Å². The predicted octanol–water partition coefficient (Wildman–Crippen LogP) is 5.03. The van der Waals surface area contributed by atoms with Crippen molar-refractivity contribution in [2.24, 2.45) is 0 Å². The molecule has 0 radical (unpaired) electrons.